The van der Waals surface area contributed by atoms with Gasteiger partial charge in [-0.05, 0) is 50.6 Å². The Morgan fingerprint density at radius 2 is 2.25 bits per heavy atom. The van der Waals surface area contributed by atoms with Gasteiger partial charge in [-0.15, -0.1) is 0 Å². The van der Waals surface area contributed by atoms with Crippen molar-refractivity contribution in [1.82, 2.24) is 25.1 Å². The molecule has 2 aromatic heterocycles. The minimum Gasteiger partial charge on any atom is -0.489 e. The molecule has 1 aliphatic heterocycles. The summed E-state index contributed by atoms with van der Waals surface area (Å²) in [5.74, 6) is 3.01. The highest BCUT2D eigenvalue weighted by molar-refractivity contribution is 6.30. The van der Waals surface area contributed by atoms with Crippen LogP contribution in [0.2, 0.25) is 5.02 Å². The Kier molecular flexibility index (Phi) is 5.88. The molecule has 0 amide bonds. The van der Waals surface area contributed by atoms with Gasteiger partial charge in [0, 0.05) is 47.6 Å². The molecule has 0 saturated carbocycles. The van der Waals surface area contributed by atoms with E-state index in [1.54, 1.807) is 6.20 Å². The number of ether oxygens (including phenoxy) is 1. The first kappa shape index (κ1) is 18.9. The van der Waals surface area contributed by atoms with Gasteiger partial charge in [0.1, 0.15) is 18.2 Å². The second-order valence-electron chi connectivity index (χ2n) is 7.26. The fraction of sp³-hybridized carbons (Fsp3) is 0.381. The van der Waals surface area contributed by atoms with E-state index in [0.29, 0.717) is 12.5 Å². The van der Waals surface area contributed by atoms with Crippen LogP contribution in [0.15, 0.2) is 42.7 Å². The number of nitrogens with one attached hydrogen (secondary N) is 1. The first-order chi connectivity index (χ1) is 13.7. The average Bonchev–Trinajstić information content (AvgIpc) is 3.15. The quantitative estimate of drug-likeness (QED) is 0.677. The van der Waals surface area contributed by atoms with Crippen LogP contribution in [0.1, 0.15) is 41.5 Å². The molecule has 146 valence electrons. The molecule has 6 nitrogen and oxygen atoms in total. The van der Waals surface area contributed by atoms with Crippen molar-refractivity contribution in [2.24, 2.45) is 0 Å². The van der Waals surface area contributed by atoms with E-state index in [0.717, 1.165) is 66.0 Å². The van der Waals surface area contributed by atoms with Gasteiger partial charge in [-0.3, -0.25) is 15.0 Å². The fourth-order valence-corrected chi connectivity index (χ4v) is 3.85. The van der Waals surface area contributed by atoms with Crippen molar-refractivity contribution < 1.29 is 4.74 Å². The van der Waals surface area contributed by atoms with Gasteiger partial charge in [-0.1, -0.05) is 17.7 Å². The van der Waals surface area contributed by atoms with E-state index in [1.807, 2.05) is 43.5 Å². The molecule has 0 unspecified atom stereocenters. The van der Waals surface area contributed by atoms with Crippen LogP contribution in [0, 0.1) is 6.92 Å². The molecule has 4 rings (SSSR count). The first-order valence-electron chi connectivity index (χ1n) is 9.59. The van der Waals surface area contributed by atoms with Crippen LogP contribution in [0.3, 0.4) is 0 Å². The molecule has 1 aliphatic rings. The van der Waals surface area contributed by atoms with Gasteiger partial charge in [0.15, 0.2) is 5.82 Å². The molecule has 0 spiro atoms. The van der Waals surface area contributed by atoms with Crippen LogP contribution in [0.5, 0.6) is 5.75 Å². The molecule has 1 N–H and O–H groups in total. The second kappa shape index (κ2) is 8.71. The van der Waals surface area contributed by atoms with E-state index >= 15 is 0 Å². The summed E-state index contributed by atoms with van der Waals surface area (Å²) in [6, 6.07) is 9.75. The van der Waals surface area contributed by atoms with Crippen molar-refractivity contribution in [3.8, 4) is 5.75 Å². The number of likely N-dealkylation sites (tertiary alicyclic amines) is 1. The van der Waals surface area contributed by atoms with E-state index in [4.69, 9.17) is 16.3 Å². The Labute approximate surface area is 169 Å². The number of rotatable bonds is 6. The van der Waals surface area contributed by atoms with Crippen molar-refractivity contribution in [1.29, 1.82) is 0 Å². The normalized spacial score (nSPS) is 17.6. The van der Waals surface area contributed by atoms with Crippen molar-refractivity contribution in [3.05, 3.63) is 70.5 Å². The topological polar surface area (TPSA) is 66.9 Å². The Balaban J connectivity index is 1.45. The van der Waals surface area contributed by atoms with Crippen molar-refractivity contribution in [2.75, 3.05) is 13.1 Å². The molecular formula is C21H24ClN5O. The minimum atomic E-state index is 0.359. The molecule has 28 heavy (non-hydrogen) atoms. The van der Waals surface area contributed by atoms with Gasteiger partial charge in [0.2, 0.25) is 0 Å². The van der Waals surface area contributed by atoms with E-state index in [9.17, 15) is 0 Å². The number of hydrogen-bond donors (Lipinski definition) is 1. The molecule has 1 saturated heterocycles. The molecule has 3 aromatic rings. The average molecular weight is 398 g/mol. The van der Waals surface area contributed by atoms with Crippen molar-refractivity contribution >= 4 is 11.6 Å². The van der Waals surface area contributed by atoms with Gasteiger partial charge in [-0.25, -0.2) is 4.98 Å². The van der Waals surface area contributed by atoms with Crippen LogP contribution in [0.4, 0.5) is 0 Å². The molecule has 1 atom stereocenters. The van der Waals surface area contributed by atoms with E-state index in [2.05, 4.69) is 25.1 Å². The largest absolute Gasteiger partial charge is 0.489 e. The fourth-order valence-electron chi connectivity index (χ4n) is 3.65. The summed E-state index contributed by atoms with van der Waals surface area (Å²) in [6.45, 7) is 5.21. The summed E-state index contributed by atoms with van der Waals surface area (Å²) in [6.07, 6.45) is 5.84. The lowest BCUT2D eigenvalue weighted by Crippen LogP contribution is -2.34. The Bertz CT molecular complexity index is 914. The highest BCUT2D eigenvalue weighted by Gasteiger charge is 2.25. The SMILES string of the molecule is Cc1nc([C@H]2CCCN(Cc3cc(Cl)ccc3OCc3cccnc3)C2)n[nH]1. The molecule has 0 bridgehead atoms. The lowest BCUT2D eigenvalue weighted by atomic mass is 9.97. The maximum Gasteiger partial charge on any atom is 0.155 e. The number of halogens is 1. The number of benzene rings is 1. The number of piperidine rings is 1. The number of aromatic nitrogens is 4. The van der Waals surface area contributed by atoms with E-state index in [-0.39, 0.29) is 0 Å². The van der Waals surface area contributed by atoms with Gasteiger partial charge >= 0.3 is 0 Å². The Hall–Kier alpha value is -2.44. The summed E-state index contributed by atoms with van der Waals surface area (Å²) in [4.78, 5) is 11.1. The predicted octanol–water partition coefficient (Wildman–Crippen LogP) is 4.12. The van der Waals surface area contributed by atoms with E-state index in [1.165, 1.54) is 0 Å². The van der Waals surface area contributed by atoms with Crippen LogP contribution < -0.4 is 4.74 Å². The second-order valence-corrected chi connectivity index (χ2v) is 7.69. The molecular weight excluding hydrogens is 374 g/mol. The van der Waals surface area contributed by atoms with Crippen LogP contribution in [0.25, 0.3) is 0 Å². The summed E-state index contributed by atoms with van der Waals surface area (Å²) in [7, 11) is 0. The third kappa shape index (κ3) is 4.69. The monoisotopic (exact) mass is 397 g/mol. The highest BCUT2D eigenvalue weighted by atomic mass is 35.5. The van der Waals surface area contributed by atoms with Crippen LogP contribution in [-0.4, -0.2) is 38.2 Å². The van der Waals surface area contributed by atoms with Crippen LogP contribution >= 0.6 is 11.6 Å². The number of aromatic amines is 1. The molecule has 0 aliphatic carbocycles. The van der Waals surface area contributed by atoms with Gasteiger partial charge < -0.3 is 4.74 Å². The van der Waals surface area contributed by atoms with Gasteiger partial charge in [0.25, 0.3) is 0 Å². The maximum atomic E-state index is 6.27. The summed E-state index contributed by atoms with van der Waals surface area (Å²) in [5.41, 5.74) is 2.14. The minimum absolute atomic E-state index is 0.359. The van der Waals surface area contributed by atoms with Crippen molar-refractivity contribution in [2.45, 2.75) is 38.8 Å². The molecule has 7 heteroatoms. The molecule has 1 fully saturated rings. The lowest BCUT2D eigenvalue weighted by Gasteiger charge is -2.31. The number of hydrogen-bond acceptors (Lipinski definition) is 5. The summed E-state index contributed by atoms with van der Waals surface area (Å²) >= 11 is 6.27. The zero-order valence-electron chi connectivity index (χ0n) is 15.9. The zero-order chi connectivity index (χ0) is 19.3. The molecule has 3 heterocycles. The third-order valence-electron chi connectivity index (χ3n) is 5.02. The predicted molar refractivity (Wildman–Crippen MR) is 108 cm³/mol. The highest BCUT2D eigenvalue weighted by Crippen LogP contribution is 2.29. The number of H-pyrrole nitrogens is 1. The smallest absolute Gasteiger partial charge is 0.155 e. The number of nitrogens with zero attached hydrogens (tertiary/aromatic N) is 4. The Morgan fingerprint density at radius 3 is 3.04 bits per heavy atom. The van der Waals surface area contributed by atoms with E-state index < -0.39 is 0 Å². The molecule has 0 radical (unpaired) electrons. The number of pyridine rings is 1. The van der Waals surface area contributed by atoms with Gasteiger partial charge in [0.05, 0.1) is 0 Å². The molecule has 1 aromatic carbocycles. The maximum absolute atomic E-state index is 6.27. The third-order valence-corrected chi connectivity index (χ3v) is 5.25. The zero-order valence-corrected chi connectivity index (χ0v) is 16.7. The Morgan fingerprint density at radius 1 is 1.32 bits per heavy atom. The first-order valence-corrected chi connectivity index (χ1v) is 9.96. The van der Waals surface area contributed by atoms with Crippen molar-refractivity contribution in [3.63, 3.8) is 0 Å². The van der Waals surface area contributed by atoms with Crippen LogP contribution in [-0.2, 0) is 13.2 Å². The van der Waals surface area contributed by atoms with Gasteiger partial charge in [-0.2, -0.15) is 5.10 Å². The lowest BCUT2D eigenvalue weighted by molar-refractivity contribution is 0.193. The standard InChI is InChI=1S/C21H24ClN5O/c1-15-24-21(26-25-15)17-5-3-9-27(12-17)13-18-10-19(22)6-7-20(18)28-14-16-4-2-8-23-11-16/h2,4,6-8,10-11,17H,3,5,9,12-14H2,1H3,(H,24,25,26)/t17-/m0/s1. The summed E-state index contributed by atoms with van der Waals surface area (Å²) < 4.78 is 6.08. The summed E-state index contributed by atoms with van der Waals surface area (Å²) in [5, 5.41) is 8.04. The number of aryl methyl sites for hydroxylation is 1.